The van der Waals surface area contributed by atoms with Gasteiger partial charge in [-0.2, -0.15) is 0 Å². The fraction of sp³-hybridized carbons (Fsp3) is 0.875. The van der Waals surface area contributed by atoms with Crippen LogP contribution < -0.4 is 10.0 Å². The third kappa shape index (κ3) is 7.58. The van der Waals surface area contributed by atoms with Crippen molar-refractivity contribution in [2.45, 2.75) is 13.8 Å². The van der Waals surface area contributed by atoms with Gasteiger partial charge in [-0.3, -0.25) is 4.79 Å². The number of likely N-dealkylation sites (N-methyl/N-ethyl adjacent to an activating group) is 1. The number of amides is 1. The van der Waals surface area contributed by atoms with Crippen molar-refractivity contribution in [1.82, 2.24) is 10.0 Å². The molecule has 1 unspecified atom stereocenters. The van der Waals surface area contributed by atoms with Gasteiger partial charge in [-0.15, -0.1) is 11.6 Å². The summed E-state index contributed by atoms with van der Waals surface area (Å²) in [6.45, 7) is 3.77. The second-order valence-corrected chi connectivity index (χ2v) is 5.48. The molecule has 0 radical (unpaired) electrons. The fourth-order valence-corrected chi connectivity index (χ4v) is 2.49. The van der Waals surface area contributed by atoms with Crippen molar-refractivity contribution in [3.8, 4) is 0 Å². The van der Waals surface area contributed by atoms with E-state index in [1.807, 2.05) is 0 Å². The highest BCUT2D eigenvalue weighted by Gasteiger charge is 2.15. The lowest BCUT2D eigenvalue weighted by Crippen LogP contribution is -2.38. The zero-order valence-electron chi connectivity index (χ0n) is 8.92. The summed E-state index contributed by atoms with van der Waals surface area (Å²) in [6, 6.07) is 0. The molecule has 0 rings (SSSR count). The Kier molecular flexibility index (Phi) is 6.87. The van der Waals surface area contributed by atoms with Gasteiger partial charge in [0.1, 0.15) is 0 Å². The molecule has 0 aromatic carbocycles. The van der Waals surface area contributed by atoms with Crippen LogP contribution in [0.25, 0.3) is 0 Å². The third-order valence-corrected chi connectivity index (χ3v) is 3.71. The number of hydrogen-bond donors (Lipinski definition) is 2. The van der Waals surface area contributed by atoms with Crippen LogP contribution in [-0.2, 0) is 14.8 Å². The van der Waals surface area contributed by atoms with E-state index in [-0.39, 0.29) is 30.0 Å². The number of nitrogens with one attached hydrogen (secondary N) is 2. The summed E-state index contributed by atoms with van der Waals surface area (Å²) in [5.41, 5.74) is 0. The molecule has 0 fully saturated rings. The van der Waals surface area contributed by atoms with E-state index < -0.39 is 10.0 Å². The van der Waals surface area contributed by atoms with E-state index >= 15 is 0 Å². The predicted octanol–water partition coefficient (Wildman–Crippen LogP) is -0.0832. The second-order valence-electron chi connectivity index (χ2n) is 3.32. The molecule has 0 aliphatic rings. The molecule has 5 nitrogen and oxygen atoms in total. The molecule has 7 heteroatoms. The highest BCUT2D eigenvalue weighted by atomic mass is 35.5. The van der Waals surface area contributed by atoms with E-state index in [0.717, 1.165) is 0 Å². The van der Waals surface area contributed by atoms with Gasteiger partial charge in [0.15, 0.2) is 0 Å². The molecule has 1 amide bonds. The zero-order chi connectivity index (χ0) is 11.9. The average molecular weight is 257 g/mol. The van der Waals surface area contributed by atoms with Crippen LogP contribution >= 0.6 is 11.6 Å². The number of carbonyl (C=O) groups excluding carboxylic acids is 1. The van der Waals surface area contributed by atoms with Crippen LogP contribution in [0.2, 0.25) is 0 Å². The molecule has 0 aliphatic carbocycles. The zero-order valence-corrected chi connectivity index (χ0v) is 10.5. The minimum atomic E-state index is -3.40. The number of rotatable bonds is 7. The quantitative estimate of drug-likeness (QED) is 0.626. The Morgan fingerprint density at radius 1 is 1.47 bits per heavy atom. The van der Waals surface area contributed by atoms with Gasteiger partial charge in [0.25, 0.3) is 0 Å². The van der Waals surface area contributed by atoms with E-state index in [0.29, 0.717) is 6.54 Å². The summed E-state index contributed by atoms with van der Waals surface area (Å²) >= 11 is 5.50. The molecular formula is C8H17ClN2O3S. The van der Waals surface area contributed by atoms with Crippen LogP contribution in [0.4, 0.5) is 0 Å². The molecule has 0 saturated carbocycles. The molecule has 0 bridgehead atoms. The van der Waals surface area contributed by atoms with Crippen LogP contribution in [-0.4, -0.2) is 39.0 Å². The molecule has 2 N–H and O–H groups in total. The summed E-state index contributed by atoms with van der Waals surface area (Å²) < 4.78 is 24.9. The normalized spacial score (nSPS) is 13.5. The largest absolute Gasteiger partial charge is 0.355 e. The number of carbonyl (C=O) groups is 1. The Balaban J connectivity index is 3.99. The molecule has 0 aromatic heterocycles. The first-order valence-corrected chi connectivity index (χ1v) is 6.90. The van der Waals surface area contributed by atoms with E-state index in [1.54, 1.807) is 13.8 Å². The molecule has 15 heavy (non-hydrogen) atoms. The van der Waals surface area contributed by atoms with E-state index in [1.165, 1.54) is 0 Å². The van der Waals surface area contributed by atoms with Gasteiger partial charge in [-0.1, -0.05) is 6.92 Å². The number of hydrogen-bond acceptors (Lipinski definition) is 3. The molecular weight excluding hydrogens is 240 g/mol. The Morgan fingerprint density at radius 2 is 2.07 bits per heavy atom. The first-order chi connectivity index (χ1) is 6.91. The lowest BCUT2D eigenvalue weighted by atomic mass is 10.3. The predicted molar refractivity (Wildman–Crippen MR) is 60.4 cm³/mol. The van der Waals surface area contributed by atoms with E-state index in [4.69, 9.17) is 11.6 Å². The maximum atomic E-state index is 11.4. The summed E-state index contributed by atoms with van der Waals surface area (Å²) in [5, 5.41) is 2.49. The highest BCUT2D eigenvalue weighted by Crippen LogP contribution is 2.01. The van der Waals surface area contributed by atoms with Crippen molar-refractivity contribution < 1.29 is 13.2 Å². The topological polar surface area (TPSA) is 75.3 Å². The molecule has 0 spiro atoms. The van der Waals surface area contributed by atoms with E-state index in [2.05, 4.69) is 10.0 Å². The summed E-state index contributed by atoms with van der Waals surface area (Å²) in [5.74, 6) is -0.240. The molecule has 0 saturated heterocycles. The monoisotopic (exact) mass is 256 g/mol. The van der Waals surface area contributed by atoms with Gasteiger partial charge in [0.2, 0.25) is 15.9 Å². The smallest absolute Gasteiger partial charge is 0.235 e. The lowest BCUT2D eigenvalue weighted by molar-refractivity contribution is -0.119. The van der Waals surface area contributed by atoms with Gasteiger partial charge >= 0.3 is 0 Å². The van der Waals surface area contributed by atoms with Crippen LogP contribution in [0.3, 0.4) is 0 Å². The minimum Gasteiger partial charge on any atom is -0.355 e. The van der Waals surface area contributed by atoms with Crippen LogP contribution in [0, 0.1) is 5.92 Å². The first kappa shape index (κ1) is 14.7. The minimum absolute atomic E-state index is 0.0596. The Morgan fingerprint density at radius 3 is 2.53 bits per heavy atom. The SMILES string of the molecule is CCNC(=O)CNS(=O)(=O)CC(C)CCl. The van der Waals surface area contributed by atoms with Gasteiger partial charge in [0.05, 0.1) is 12.3 Å². The maximum Gasteiger partial charge on any atom is 0.235 e. The van der Waals surface area contributed by atoms with Crippen molar-refractivity contribution in [3.63, 3.8) is 0 Å². The molecule has 0 aromatic rings. The highest BCUT2D eigenvalue weighted by molar-refractivity contribution is 7.89. The van der Waals surface area contributed by atoms with Crippen molar-refractivity contribution in [2.75, 3.05) is 24.7 Å². The van der Waals surface area contributed by atoms with Crippen LogP contribution in [0.5, 0.6) is 0 Å². The van der Waals surface area contributed by atoms with Gasteiger partial charge in [0, 0.05) is 12.4 Å². The van der Waals surface area contributed by atoms with Gasteiger partial charge < -0.3 is 5.32 Å². The van der Waals surface area contributed by atoms with Crippen molar-refractivity contribution in [2.24, 2.45) is 5.92 Å². The van der Waals surface area contributed by atoms with Crippen molar-refractivity contribution in [3.05, 3.63) is 0 Å². The van der Waals surface area contributed by atoms with Crippen molar-refractivity contribution in [1.29, 1.82) is 0 Å². The summed E-state index contributed by atoms with van der Waals surface area (Å²) in [7, 11) is -3.40. The number of halogens is 1. The summed E-state index contributed by atoms with van der Waals surface area (Å²) in [6.07, 6.45) is 0. The number of sulfonamides is 1. The van der Waals surface area contributed by atoms with Crippen molar-refractivity contribution >= 4 is 27.5 Å². The second kappa shape index (κ2) is 7.03. The van der Waals surface area contributed by atoms with Gasteiger partial charge in [-0.05, 0) is 12.8 Å². The molecule has 1 atom stereocenters. The third-order valence-electron chi connectivity index (χ3n) is 1.59. The first-order valence-electron chi connectivity index (χ1n) is 4.71. The molecule has 0 aliphatic heterocycles. The summed E-state index contributed by atoms with van der Waals surface area (Å²) in [4.78, 5) is 11.0. The fourth-order valence-electron chi connectivity index (χ4n) is 0.913. The number of alkyl halides is 1. The Hall–Kier alpha value is -0.330. The average Bonchev–Trinajstić information content (AvgIpc) is 2.15. The van der Waals surface area contributed by atoms with Crippen LogP contribution in [0.15, 0.2) is 0 Å². The Bertz CT molecular complexity index is 292. The Labute approximate surface area is 95.6 Å². The van der Waals surface area contributed by atoms with E-state index in [9.17, 15) is 13.2 Å². The maximum absolute atomic E-state index is 11.4. The lowest BCUT2D eigenvalue weighted by Gasteiger charge is -2.09. The van der Waals surface area contributed by atoms with Gasteiger partial charge in [-0.25, -0.2) is 13.1 Å². The molecule has 0 heterocycles. The standard InChI is InChI=1S/C8H17ClN2O3S/c1-3-10-8(12)5-11-15(13,14)6-7(2)4-9/h7,11H,3-6H2,1-2H3,(H,10,12). The van der Waals surface area contributed by atoms with Crippen LogP contribution in [0.1, 0.15) is 13.8 Å². The molecule has 90 valence electrons.